The van der Waals surface area contributed by atoms with Crippen LogP contribution < -0.4 is 19.5 Å². The molecular formula is C22H25N3O5. The van der Waals surface area contributed by atoms with Crippen molar-refractivity contribution in [1.82, 2.24) is 15.3 Å². The minimum atomic E-state index is -0.139. The summed E-state index contributed by atoms with van der Waals surface area (Å²) < 4.78 is 22.8. The number of carbonyl (C=O) groups excluding carboxylic acids is 1. The SMILES string of the molecule is COc1nc(-c2nc3ccc(OCC4CC4)cc3o2)ccc1OCC(C)NC(C)=O. The molecule has 30 heavy (non-hydrogen) atoms. The monoisotopic (exact) mass is 411 g/mol. The van der Waals surface area contributed by atoms with Gasteiger partial charge in [-0.25, -0.2) is 9.97 Å². The smallest absolute Gasteiger partial charge is 0.257 e. The van der Waals surface area contributed by atoms with E-state index in [0.717, 1.165) is 17.9 Å². The number of hydrogen-bond acceptors (Lipinski definition) is 7. The summed E-state index contributed by atoms with van der Waals surface area (Å²) in [6.45, 7) is 4.36. The highest BCUT2D eigenvalue weighted by Gasteiger charge is 2.22. The first-order valence-corrected chi connectivity index (χ1v) is 10.0. The zero-order valence-corrected chi connectivity index (χ0v) is 17.3. The largest absolute Gasteiger partial charge is 0.493 e. The fourth-order valence-corrected chi connectivity index (χ4v) is 3.01. The highest BCUT2D eigenvalue weighted by atomic mass is 16.5. The number of aromatic nitrogens is 2. The molecule has 8 heteroatoms. The minimum absolute atomic E-state index is 0.108. The Bertz CT molecular complexity index is 1040. The summed E-state index contributed by atoms with van der Waals surface area (Å²) in [5, 5.41) is 2.77. The summed E-state index contributed by atoms with van der Waals surface area (Å²) in [4.78, 5) is 20.1. The second-order valence-corrected chi connectivity index (χ2v) is 7.52. The van der Waals surface area contributed by atoms with E-state index in [-0.39, 0.29) is 11.9 Å². The van der Waals surface area contributed by atoms with Gasteiger partial charge in [0.15, 0.2) is 11.3 Å². The van der Waals surface area contributed by atoms with Gasteiger partial charge < -0.3 is 23.9 Å². The lowest BCUT2D eigenvalue weighted by molar-refractivity contribution is -0.119. The number of hydrogen-bond donors (Lipinski definition) is 1. The Kier molecular flexibility index (Phi) is 5.74. The van der Waals surface area contributed by atoms with Gasteiger partial charge in [-0.05, 0) is 49.9 Å². The van der Waals surface area contributed by atoms with Crippen molar-refractivity contribution >= 4 is 17.0 Å². The van der Waals surface area contributed by atoms with E-state index >= 15 is 0 Å². The summed E-state index contributed by atoms with van der Waals surface area (Å²) in [5.41, 5.74) is 1.91. The molecule has 0 spiro atoms. The summed E-state index contributed by atoms with van der Waals surface area (Å²) in [5.74, 6) is 2.54. The van der Waals surface area contributed by atoms with Crippen LogP contribution in [0, 0.1) is 5.92 Å². The molecule has 8 nitrogen and oxygen atoms in total. The molecule has 1 aliphatic rings. The summed E-state index contributed by atoms with van der Waals surface area (Å²) in [6, 6.07) is 9.00. The van der Waals surface area contributed by atoms with Gasteiger partial charge in [0, 0.05) is 13.0 Å². The third-order valence-corrected chi connectivity index (χ3v) is 4.72. The number of nitrogens with zero attached hydrogens (tertiary/aromatic N) is 2. The average molecular weight is 411 g/mol. The van der Waals surface area contributed by atoms with Crippen LogP contribution in [0.25, 0.3) is 22.7 Å². The van der Waals surface area contributed by atoms with Gasteiger partial charge in [0.25, 0.3) is 5.88 Å². The van der Waals surface area contributed by atoms with Crippen molar-refractivity contribution in [1.29, 1.82) is 0 Å². The zero-order valence-electron chi connectivity index (χ0n) is 17.3. The van der Waals surface area contributed by atoms with Crippen molar-refractivity contribution in [3.63, 3.8) is 0 Å². The fourth-order valence-electron chi connectivity index (χ4n) is 3.01. The summed E-state index contributed by atoms with van der Waals surface area (Å²) in [6.07, 6.45) is 2.49. The van der Waals surface area contributed by atoms with Crippen LogP contribution in [-0.2, 0) is 4.79 Å². The molecule has 1 amide bonds. The number of nitrogens with one attached hydrogen (secondary N) is 1. The molecular weight excluding hydrogens is 386 g/mol. The number of oxazole rings is 1. The first kappa shape index (κ1) is 20.0. The number of carbonyl (C=O) groups is 1. The third-order valence-electron chi connectivity index (χ3n) is 4.72. The zero-order chi connectivity index (χ0) is 21.1. The van der Waals surface area contributed by atoms with E-state index in [4.69, 9.17) is 18.6 Å². The van der Waals surface area contributed by atoms with Gasteiger partial charge in [-0.1, -0.05) is 0 Å². The molecule has 1 fully saturated rings. The topological polar surface area (TPSA) is 95.7 Å². The Hall–Kier alpha value is -3.29. The molecule has 1 aliphatic carbocycles. The Morgan fingerprint density at radius 1 is 1.23 bits per heavy atom. The maximum Gasteiger partial charge on any atom is 0.257 e. The molecule has 0 aliphatic heterocycles. The lowest BCUT2D eigenvalue weighted by Gasteiger charge is -2.15. The van der Waals surface area contributed by atoms with Crippen LogP contribution in [0.3, 0.4) is 0 Å². The number of ether oxygens (including phenoxy) is 3. The number of methoxy groups -OCH3 is 1. The molecule has 0 radical (unpaired) electrons. The average Bonchev–Trinajstić information content (AvgIpc) is 3.46. The van der Waals surface area contributed by atoms with Gasteiger partial charge in [0.05, 0.1) is 19.8 Å². The van der Waals surface area contributed by atoms with Crippen molar-refractivity contribution in [2.24, 2.45) is 5.92 Å². The van der Waals surface area contributed by atoms with Gasteiger partial charge in [0.1, 0.15) is 23.6 Å². The first-order valence-electron chi connectivity index (χ1n) is 10.0. The fraction of sp³-hybridized carbons (Fsp3) is 0.409. The molecule has 1 saturated carbocycles. The maximum absolute atomic E-state index is 11.1. The van der Waals surface area contributed by atoms with E-state index in [9.17, 15) is 4.79 Å². The standard InChI is InChI=1S/C22H25N3O5/c1-13(23-14(2)26)11-29-19-9-8-18(25-22(19)27-3)21-24-17-7-6-16(10-20(17)30-21)28-12-15-4-5-15/h6-10,13,15H,4-5,11-12H2,1-3H3,(H,23,26). The summed E-state index contributed by atoms with van der Waals surface area (Å²) in [7, 11) is 1.52. The molecule has 2 heterocycles. The van der Waals surface area contributed by atoms with Crippen LogP contribution in [0.15, 0.2) is 34.7 Å². The predicted molar refractivity (Wildman–Crippen MR) is 111 cm³/mol. The Labute approximate surface area is 174 Å². The van der Waals surface area contributed by atoms with Crippen LogP contribution in [0.2, 0.25) is 0 Å². The number of pyridine rings is 1. The number of rotatable bonds is 9. The Morgan fingerprint density at radius 2 is 2.07 bits per heavy atom. The third kappa shape index (κ3) is 4.82. The maximum atomic E-state index is 11.1. The van der Waals surface area contributed by atoms with Gasteiger partial charge >= 0.3 is 0 Å². The molecule has 1 unspecified atom stereocenters. The van der Waals surface area contributed by atoms with E-state index in [0.29, 0.717) is 41.3 Å². The van der Waals surface area contributed by atoms with Crippen molar-refractivity contribution in [2.75, 3.05) is 20.3 Å². The van der Waals surface area contributed by atoms with Crippen LogP contribution >= 0.6 is 0 Å². The Morgan fingerprint density at radius 3 is 2.80 bits per heavy atom. The van der Waals surface area contributed by atoms with Crippen LogP contribution in [-0.4, -0.2) is 42.2 Å². The Balaban J connectivity index is 1.49. The van der Waals surface area contributed by atoms with Crippen LogP contribution in [0.5, 0.6) is 17.4 Å². The van der Waals surface area contributed by atoms with E-state index < -0.39 is 0 Å². The molecule has 0 saturated heterocycles. The highest BCUT2D eigenvalue weighted by molar-refractivity contribution is 5.77. The van der Waals surface area contributed by atoms with Gasteiger partial charge in [-0.3, -0.25) is 4.79 Å². The molecule has 4 rings (SSSR count). The van der Waals surface area contributed by atoms with Crippen molar-refractivity contribution in [2.45, 2.75) is 32.7 Å². The summed E-state index contributed by atoms with van der Waals surface area (Å²) >= 11 is 0. The van der Waals surface area contributed by atoms with Crippen LogP contribution in [0.4, 0.5) is 0 Å². The molecule has 2 aromatic heterocycles. The minimum Gasteiger partial charge on any atom is -0.493 e. The normalized spacial score (nSPS) is 14.4. The molecule has 158 valence electrons. The predicted octanol–water partition coefficient (Wildman–Crippen LogP) is 3.59. The van der Waals surface area contributed by atoms with E-state index in [1.54, 1.807) is 12.1 Å². The van der Waals surface area contributed by atoms with Crippen molar-refractivity contribution in [3.8, 4) is 29.0 Å². The lowest BCUT2D eigenvalue weighted by Crippen LogP contribution is -2.35. The van der Waals surface area contributed by atoms with Crippen LogP contribution in [0.1, 0.15) is 26.7 Å². The molecule has 3 aromatic rings. The number of fused-ring (bicyclic) bond motifs is 1. The van der Waals surface area contributed by atoms with E-state index in [1.807, 2.05) is 25.1 Å². The highest BCUT2D eigenvalue weighted by Crippen LogP contribution is 2.32. The van der Waals surface area contributed by atoms with Gasteiger partial charge in [-0.2, -0.15) is 0 Å². The van der Waals surface area contributed by atoms with Gasteiger partial charge in [0.2, 0.25) is 11.8 Å². The number of amides is 1. The lowest BCUT2D eigenvalue weighted by atomic mass is 10.3. The van der Waals surface area contributed by atoms with Crippen molar-refractivity contribution in [3.05, 3.63) is 30.3 Å². The van der Waals surface area contributed by atoms with Crippen molar-refractivity contribution < 1.29 is 23.4 Å². The molecule has 1 N–H and O–H groups in total. The van der Waals surface area contributed by atoms with Gasteiger partial charge in [-0.15, -0.1) is 0 Å². The molecule has 0 bridgehead atoms. The second kappa shape index (κ2) is 8.61. The number of benzene rings is 1. The van der Waals surface area contributed by atoms with E-state index in [1.165, 1.54) is 26.9 Å². The molecule has 1 atom stereocenters. The first-order chi connectivity index (χ1) is 14.5. The molecule has 1 aromatic carbocycles. The second-order valence-electron chi connectivity index (χ2n) is 7.52. The van der Waals surface area contributed by atoms with E-state index in [2.05, 4.69) is 15.3 Å². The quantitative estimate of drug-likeness (QED) is 0.575.